The highest BCUT2D eigenvalue weighted by Gasteiger charge is 2.38. The van der Waals surface area contributed by atoms with Gasteiger partial charge in [0.05, 0.1) is 20.3 Å². The summed E-state index contributed by atoms with van der Waals surface area (Å²) in [5, 5.41) is 14.6. The molecule has 1 aliphatic heterocycles. The van der Waals surface area contributed by atoms with E-state index in [0.29, 0.717) is 37.2 Å². The number of hydrogen-bond acceptors (Lipinski definition) is 10. The van der Waals surface area contributed by atoms with E-state index < -0.39 is 12.0 Å². The number of rotatable bonds is 7. The second-order valence-electron chi connectivity index (χ2n) is 13.3. The summed E-state index contributed by atoms with van der Waals surface area (Å²) < 4.78 is 17.3. The van der Waals surface area contributed by atoms with Gasteiger partial charge in [-0.3, -0.25) is 4.79 Å². The number of anilines is 2. The number of aryl methyl sites for hydroxylation is 2. The number of amides is 2. The molecule has 0 spiro atoms. The van der Waals surface area contributed by atoms with Gasteiger partial charge in [0, 0.05) is 25.0 Å². The van der Waals surface area contributed by atoms with Gasteiger partial charge in [0.1, 0.15) is 11.4 Å². The van der Waals surface area contributed by atoms with Crippen molar-refractivity contribution < 1.29 is 28.9 Å². The number of methoxy groups -OCH3 is 2. The molecule has 3 aromatic rings. The van der Waals surface area contributed by atoms with Gasteiger partial charge in [-0.15, -0.1) is 0 Å². The number of carbonyl (C=O) groups excluding carboxylic acids is 1. The van der Waals surface area contributed by atoms with Crippen molar-refractivity contribution in [1.29, 1.82) is 0 Å². The number of nitrogens with one attached hydrogen (secondary N) is 1. The molecule has 5 rings (SSSR count). The van der Waals surface area contributed by atoms with Gasteiger partial charge >= 0.3 is 6.09 Å². The van der Waals surface area contributed by atoms with Gasteiger partial charge in [-0.2, -0.15) is 15.0 Å². The lowest BCUT2D eigenvalue weighted by atomic mass is 9.85. The van der Waals surface area contributed by atoms with E-state index in [1.807, 2.05) is 32.6 Å². The number of fused-ring (bicyclic) bond motifs is 1. The van der Waals surface area contributed by atoms with Crippen molar-refractivity contribution in [3.05, 3.63) is 39.9 Å². The fourth-order valence-electron chi connectivity index (χ4n) is 6.05. The Bertz CT molecular complexity index is 1570. The number of thiazole rings is 1. The third-order valence-electron chi connectivity index (χ3n) is 8.64. The molecule has 3 heterocycles. The van der Waals surface area contributed by atoms with Crippen LogP contribution in [0.2, 0.25) is 0 Å². The Morgan fingerprint density at radius 1 is 1.09 bits per heavy atom. The third-order valence-corrected chi connectivity index (χ3v) is 9.36. The van der Waals surface area contributed by atoms with Crippen molar-refractivity contribution in [3.8, 4) is 22.7 Å². The van der Waals surface area contributed by atoms with Gasteiger partial charge in [-0.05, 0) is 59.8 Å². The molecule has 0 radical (unpaired) electrons. The summed E-state index contributed by atoms with van der Waals surface area (Å²) in [7, 11) is 2.89. The molecule has 242 valence electrons. The molecule has 45 heavy (non-hydrogen) atoms. The molecule has 2 aromatic heterocycles. The second-order valence-corrected chi connectivity index (χ2v) is 14.1. The van der Waals surface area contributed by atoms with Crippen LogP contribution in [-0.4, -0.2) is 76.9 Å². The van der Waals surface area contributed by atoms with E-state index in [-0.39, 0.29) is 40.0 Å². The van der Waals surface area contributed by atoms with Gasteiger partial charge in [-0.25, -0.2) is 4.79 Å². The van der Waals surface area contributed by atoms with E-state index in [2.05, 4.69) is 46.2 Å². The lowest BCUT2D eigenvalue weighted by molar-refractivity contribution is 0.0901. The van der Waals surface area contributed by atoms with Crippen molar-refractivity contribution in [1.82, 2.24) is 19.9 Å². The van der Waals surface area contributed by atoms with Crippen LogP contribution in [0.4, 0.5) is 16.4 Å². The zero-order valence-corrected chi connectivity index (χ0v) is 28.0. The fourth-order valence-corrected chi connectivity index (χ4v) is 6.71. The van der Waals surface area contributed by atoms with Crippen LogP contribution in [0.25, 0.3) is 0 Å². The number of carboxylic acid groups (broad SMARTS) is 1. The first-order valence-corrected chi connectivity index (χ1v) is 15.9. The van der Waals surface area contributed by atoms with Crippen LogP contribution >= 0.6 is 11.3 Å². The summed E-state index contributed by atoms with van der Waals surface area (Å²) in [6, 6.07) is 3.98. The molecule has 12 nitrogen and oxygen atoms in total. The minimum Gasteiger partial charge on any atom is -0.479 e. The van der Waals surface area contributed by atoms with E-state index in [1.165, 1.54) is 41.6 Å². The van der Waals surface area contributed by atoms with Gasteiger partial charge in [0.15, 0.2) is 5.69 Å². The molecule has 1 saturated heterocycles. The fraction of sp³-hybridized carbons (Fsp3) is 0.531. The first kappa shape index (κ1) is 32.3. The van der Waals surface area contributed by atoms with Gasteiger partial charge < -0.3 is 34.4 Å². The summed E-state index contributed by atoms with van der Waals surface area (Å²) in [6.45, 7) is 13.9. The predicted molar refractivity (Wildman–Crippen MR) is 173 cm³/mol. The molecule has 1 aliphatic carbocycles. The monoisotopic (exact) mass is 638 g/mol. The Morgan fingerprint density at radius 2 is 1.78 bits per heavy atom. The number of carbonyl (C=O) groups is 2. The van der Waals surface area contributed by atoms with Gasteiger partial charge in [-0.1, -0.05) is 52.0 Å². The third kappa shape index (κ3) is 6.63. The first-order valence-electron chi connectivity index (χ1n) is 15.0. The van der Waals surface area contributed by atoms with E-state index in [1.54, 1.807) is 5.38 Å². The molecule has 1 atom stereocenters. The van der Waals surface area contributed by atoms with Crippen LogP contribution < -0.4 is 24.4 Å². The topological polar surface area (TPSA) is 139 Å². The Balaban J connectivity index is 1.36. The molecule has 2 N–H and O–H groups in total. The molecular weight excluding hydrogens is 596 g/mol. The average molecular weight is 639 g/mol. The molecule has 1 unspecified atom stereocenters. The summed E-state index contributed by atoms with van der Waals surface area (Å²) in [6.07, 6.45) is 1.81. The zero-order chi connectivity index (χ0) is 32.7. The quantitative estimate of drug-likeness (QED) is 0.311. The van der Waals surface area contributed by atoms with Crippen LogP contribution in [0.15, 0.2) is 17.5 Å². The molecule has 0 saturated carbocycles. The van der Waals surface area contributed by atoms with Crippen LogP contribution in [-0.2, 0) is 11.8 Å². The van der Waals surface area contributed by atoms with E-state index in [4.69, 9.17) is 14.2 Å². The van der Waals surface area contributed by atoms with E-state index >= 15 is 0 Å². The minimum absolute atomic E-state index is 0.0884. The van der Waals surface area contributed by atoms with Crippen molar-refractivity contribution in [3.63, 3.8) is 0 Å². The summed E-state index contributed by atoms with van der Waals surface area (Å²) in [4.78, 5) is 42.4. The van der Waals surface area contributed by atoms with Crippen molar-refractivity contribution in [2.75, 3.05) is 44.1 Å². The van der Waals surface area contributed by atoms with Crippen LogP contribution in [0.1, 0.15) is 74.6 Å². The number of ether oxygens (including phenoxy) is 3. The lowest BCUT2D eigenvalue weighted by Gasteiger charge is -2.39. The summed E-state index contributed by atoms with van der Waals surface area (Å²) in [5.41, 5.74) is 3.75. The highest BCUT2D eigenvalue weighted by molar-refractivity contribution is 7.11. The number of benzene rings is 1. The average Bonchev–Trinajstić information content (AvgIpc) is 3.47. The molecule has 1 aromatic carbocycles. The van der Waals surface area contributed by atoms with Crippen LogP contribution in [0, 0.1) is 12.3 Å². The smallest absolute Gasteiger partial charge is 0.407 e. The maximum atomic E-state index is 13.3. The molecule has 1 fully saturated rings. The number of aromatic nitrogens is 3. The Labute approximate surface area is 267 Å². The Hall–Kier alpha value is -4.13. The first-order chi connectivity index (χ1) is 21.2. The number of nitrogens with zero attached hydrogens (tertiary/aromatic N) is 5. The predicted octanol–water partition coefficient (Wildman–Crippen LogP) is 6.13. The largest absolute Gasteiger partial charge is 0.479 e. The Kier molecular flexibility index (Phi) is 8.85. The normalized spacial score (nSPS) is 17.8. The minimum atomic E-state index is -0.951. The van der Waals surface area contributed by atoms with E-state index in [0.717, 1.165) is 24.2 Å². The van der Waals surface area contributed by atoms with Crippen molar-refractivity contribution in [2.24, 2.45) is 5.41 Å². The van der Waals surface area contributed by atoms with Gasteiger partial charge in [0.2, 0.25) is 17.7 Å². The van der Waals surface area contributed by atoms with Crippen molar-refractivity contribution in [2.45, 2.75) is 72.3 Å². The summed E-state index contributed by atoms with van der Waals surface area (Å²) in [5.74, 6) is 0.770. The molecule has 2 aliphatic rings. The maximum absolute atomic E-state index is 13.3. The van der Waals surface area contributed by atoms with Crippen LogP contribution in [0.5, 0.6) is 22.7 Å². The van der Waals surface area contributed by atoms with Crippen LogP contribution in [0.3, 0.4) is 0 Å². The molecule has 13 heteroatoms. The standard InChI is InChI=1S/C32H42N6O6S/c1-18-14-19-10-11-32(5,6)20(19)15-22(18)44-29-33-21(17-45-29)25(39)34-24-26(42-7)35-28(36-27(24)43-8)37-12-9-13-38(30(40)41)23(16-37)31(2,3)4/h14-15,17,23H,9-13,16H2,1-8H3,(H,34,39)(H,40,41). The van der Waals surface area contributed by atoms with E-state index in [9.17, 15) is 14.7 Å². The maximum Gasteiger partial charge on any atom is 0.407 e. The lowest BCUT2D eigenvalue weighted by Crippen LogP contribution is -2.51. The highest BCUT2D eigenvalue weighted by Crippen LogP contribution is 2.42. The highest BCUT2D eigenvalue weighted by atomic mass is 32.1. The molecule has 0 bridgehead atoms. The van der Waals surface area contributed by atoms with Gasteiger partial charge in [0.25, 0.3) is 11.1 Å². The number of hydrogen-bond donors (Lipinski definition) is 2. The second kappa shape index (κ2) is 12.3. The SMILES string of the molecule is COc1nc(N2CCCN(C(=O)O)C(C(C)(C)C)C2)nc(OC)c1NC(=O)c1csc(Oc2cc3c(cc2C)CCC3(C)C)n1. The summed E-state index contributed by atoms with van der Waals surface area (Å²) >= 11 is 1.23. The Morgan fingerprint density at radius 3 is 2.40 bits per heavy atom. The zero-order valence-electron chi connectivity index (χ0n) is 27.2. The molecule has 2 amide bonds. The molecular formula is C32H42N6O6S. The van der Waals surface area contributed by atoms with Crippen molar-refractivity contribution >= 4 is 35.0 Å².